The van der Waals surface area contributed by atoms with Crippen LogP contribution in [-0.2, 0) is 6.42 Å². The van der Waals surface area contributed by atoms with E-state index in [1.165, 1.54) is 11.3 Å². The minimum atomic E-state index is 0.410. The molecule has 1 aliphatic heterocycles. The van der Waals surface area contributed by atoms with Gasteiger partial charge in [-0.15, -0.1) is 0 Å². The van der Waals surface area contributed by atoms with Gasteiger partial charge in [0.1, 0.15) is 0 Å². The Labute approximate surface area is 110 Å². The van der Waals surface area contributed by atoms with Gasteiger partial charge in [0.2, 0.25) is 0 Å². The second-order valence-electron chi connectivity index (χ2n) is 4.88. The smallest absolute Gasteiger partial charge is 0.198 e. The van der Waals surface area contributed by atoms with E-state index in [9.17, 15) is 0 Å². The van der Waals surface area contributed by atoms with Crippen molar-refractivity contribution in [1.82, 2.24) is 4.90 Å². The van der Waals surface area contributed by atoms with Gasteiger partial charge in [-0.2, -0.15) is 0 Å². The van der Waals surface area contributed by atoms with Gasteiger partial charge in [-0.05, 0) is 45.2 Å². The maximum absolute atomic E-state index is 8.45. The Bertz CT molecular complexity index is 424. The Morgan fingerprint density at radius 3 is 2.67 bits per heavy atom. The number of nitrogens with zero attached hydrogens (tertiary/aromatic N) is 2. The summed E-state index contributed by atoms with van der Waals surface area (Å²) in [4.78, 5) is 4.30. The SMILES string of the molecule is CCN(CC)C(=N)N1c2ccccc2CC[C@H]1C. The number of guanidine groups is 1. The fourth-order valence-corrected chi connectivity index (χ4v) is 2.69. The van der Waals surface area contributed by atoms with Crippen LogP contribution in [0.15, 0.2) is 24.3 Å². The molecular weight excluding hydrogens is 222 g/mol. The molecule has 0 aliphatic carbocycles. The Hall–Kier alpha value is -1.51. The van der Waals surface area contributed by atoms with Gasteiger partial charge < -0.3 is 9.80 Å². The number of fused-ring (bicyclic) bond motifs is 1. The van der Waals surface area contributed by atoms with E-state index in [1.54, 1.807) is 0 Å². The third kappa shape index (κ3) is 2.22. The van der Waals surface area contributed by atoms with E-state index in [1.807, 2.05) is 0 Å². The first-order valence-corrected chi connectivity index (χ1v) is 6.89. The van der Waals surface area contributed by atoms with Crippen molar-refractivity contribution in [2.24, 2.45) is 0 Å². The summed E-state index contributed by atoms with van der Waals surface area (Å²) in [5.74, 6) is 0.639. The summed E-state index contributed by atoms with van der Waals surface area (Å²) in [5, 5.41) is 8.45. The third-order valence-corrected chi connectivity index (χ3v) is 3.81. The van der Waals surface area contributed by atoms with Crippen LogP contribution >= 0.6 is 0 Å². The molecule has 1 aromatic carbocycles. The molecular formula is C15H23N3. The fraction of sp³-hybridized carbons (Fsp3) is 0.533. The summed E-state index contributed by atoms with van der Waals surface area (Å²) in [7, 11) is 0. The standard InChI is InChI=1S/C15H23N3/c1-4-17(5-2)15(16)18-12(3)10-11-13-8-6-7-9-14(13)18/h6-9,12,16H,4-5,10-11H2,1-3H3/t12-/m1/s1. The van der Waals surface area contributed by atoms with Gasteiger partial charge in [0.05, 0.1) is 0 Å². The van der Waals surface area contributed by atoms with E-state index in [2.05, 4.69) is 54.8 Å². The molecule has 98 valence electrons. The molecule has 0 radical (unpaired) electrons. The van der Waals surface area contributed by atoms with E-state index >= 15 is 0 Å². The Kier molecular flexibility index (Phi) is 3.90. The van der Waals surface area contributed by atoms with Crippen LogP contribution in [0, 0.1) is 5.41 Å². The minimum Gasteiger partial charge on any atom is -0.343 e. The molecule has 0 saturated heterocycles. The first kappa shape index (κ1) is 12.9. The lowest BCUT2D eigenvalue weighted by Gasteiger charge is -2.40. The zero-order chi connectivity index (χ0) is 13.1. The summed E-state index contributed by atoms with van der Waals surface area (Å²) in [5.41, 5.74) is 2.58. The summed E-state index contributed by atoms with van der Waals surface area (Å²) in [6, 6.07) is 8.90. The average Bonchev–Trinajstić information content (AvgIpc) is 2.39. The van der Waals surface area contributed by atoms with E-state index in [4.69, 9.17) is 5.41 Å². The number of nitrogens with one attached hydrogen (secondary N) is 1. The van der Waals surface area contributed by atoms with E-state index in [-0.39, 0.29) is 0 Å². The normalized spacial score (nSPS) is 18.4. The molecule has 3 heteroatoms. The van der Waals surface area contributed by atoms with Crippen LogP contribution in [0.5, 0.6) is 0 Å². The van der Waals surface area contributed by atoms with Crippen molar-refractivity contribution in [2.75, 3.05) is 18.0 Å². The molecule has 0 aromatic heterocycles. The van der Waals surface area contributed by atoms with E-state index < -0.39 is 0 Å². The maximum Gasteiger partial charge on any atom is 0.198 e. The minimum absolute atomic E-state index is 0.410. The number of rotatable bonds is 2. The lowest BCUT2D eigenvalue weighted by Crippen LogP contribution is -2.50. The summed E-state index contributed by atoms with van der Waals surface area (Å²) < 4.78 is 0. The lowest BCUT2D eigenvalue weighted by atomic mass is 9.97. The van der Waals surface area contributed by atoms with Crippen molar-refractivity contribution in [3.63, 3.8) is 0 Å². The van der Waals surface area contributed by atoms with Gasteiger partial charge >= 0.3 is 0 Å². The van der Waals surface area contributed by atoms with Gasteiger partial charge in [0, 0.05) is 24.8 Å². The molecule has 1 aromatic rings. The van der Waals surface area contributed by atoms with Gasteiger partial charge in [-0.1, -0.05) is 18.2 Å². The monoisotopic (exact) mass is 245 g/mol. The highest BCUT2D eigenvalue weighted by Crippen LogP contribution is 2.30. The number of anilines is 1. The topological polar surface area (TPSA) is 30.3 Å². The summed E-state index contributed by atoms with van der Waals surface area (Å²) in [6.45, 7) is 8.21. The second-order valence-corrected chi connectivity index (χ2v) is 4.88. The number of benzene rings is 1. The van der Waals surface area contributed by atoms with Crippen LogP contribution < -0.4 is 4.90 Å². The molecule has 0 unspecified atom stereocenters. The van der Waals surface area contributed by atoms with E-state index in [0.717, 1.165) is 25.9 Å². The first-order valence-electron chi connectivity index (χ1n) is 6.89. The van der Waals surface area contributed by atoms with Crippen molar-refractivity contribution < 1.29 is 0 Å². The zero-order valence-corrected chi connectivity index (χ0v) is 11.6. The Morgan fingerprint density at radius 2 is 2.00 bits per heavy atom. The Balaban J connectivity index is 2.34. The third-order valence-electron chi connectivity index (χ3n) is 3.81. The van der Waals surface area contributed by atoms with Gasteiger partial charge in [0.15, 0.2) is 5.96 Å². The van der Waals surface area contributed by atoms with Crippen molar-refractivity contribution in [3.8, 4) is 0 Å². The highest BCUT2D eigenvalue weighted by Gasteiger charge is 2.27. The van der Waals surface area contributed by atoms with Crippen LogP contribution in [0.2, 0.25) is 0 Å². The van der Waals surface area contributed by atoms with Crippen LogP contribution in [-0.4, -0.2) is 30.0 Å². The highest BCUT2D eigenvalue weighted by molar-refractivity contribution is 5.95. The van der Waals surface area contributed by atoms with Crippen molar-refractivity contribution in [2.45, 2.75) is 39.7 Å². The van der Waals surface area contributed by atoms with Gasteiger partial charge in [0.25, 0.3) is 0 Å². The molecule has 0 amide bonds. The van der Waals surface area contributed by atoms with Crippen molar-refractivity contribution in [1.29, 1.82) is 5.41 Å². The number of para-hydroxylation sites is 1. The maximum atomic E-state index is 8.45. The molecule has 3 nitrogen and oxygen atoms in total. The van der Waals surface area contributed by atoms with Crippen LogP contribution in [0.25, 0.3) is 0 Å². The predicted molar refractivity (Wildman–Crippen MR) is 77.4 cm³/mol. The van der Waals surface area contributed by atoms with Crippen LogP contribution in [0.1, 0.15) is 32.8 Å². The lowest BCUT2D eigenvalue weighted by molar-refractivity contribution is 0.441. The molecule has 0 spiro atoms. The van der Waals surface area contributed by atoms with E-state index in [0.29, 0.717) is 12.0 Å². The Morgan fingerprint density at radius 1 is 1.33 bits per heavy atom. The molecule has 1 atom stereocenters. The fourth-order valence-electron chi connectivity index (χ4n) is 2.69. The summed E-state index contributed by atoms with van der Waals surface area (Å²) >= 11 is 0. The molecule has 0 bridgehead atoms. The van der Waals surface area contributed by atoms with Crippen LogP contribution in [0.4, 0.5) is 5.69 Å². The van der Waals surface area contributed by atoms with Crippen molar-refractivity contribution >= 4 is 11.6 Å². The molecule has 1 aliphatic rings. The quantitative estimate of drug-likeness (QED) is 0.641. The van der Waals surface area contributed by atoms with Crippen molar-refractivity contribution in [3.05, 3.63) is 29.8 Å². The van der Waals surface area contributed by atoms with Gasteiger partial charge in [-0.3, -0.25) is 5.41 Å². The highest BCUT2D eigenvalue weighted by atomic mass is 15.4. The second kappa shape index (κ2) is 5.42. The molecule has 18 heavy (non-hydrogen) atoms. The zero-order valence-electron chi connectivity index (χ0n) is 11.6. The molecule has 1 heterocycles. The van der Waals surface area contributed by atoms with Gasteiger partial charge in [-0.25, -0.2) is 0 Å². The average molecular weight is 245 g/mol. The molecule has 0 fully saturated rings. The molecule has 0 saturated carbocycles. The number of aryl methyl sites for hydroxylation is 1. The predicted octanol–water partition coefficient (Wildman–Crippen LogP) is 3.10. The number of hydrogen-bond donors (Lipinski definition) is 1. The summed E-state index contributed by atoms with van der Waals surface area (Å²) in [6.07, 6.45) is 2.25. The van der Waals surface area contributed by atoms with Crippen LogP contribution in [0.3, 0.4) is 0 Å². The first-order chi connectivity index (χ1) is 8.69. The number of hydrogen-bond acceptors (Lipinski definition) is 1. The largest absolute Gasteiger partial charge is 0.343 e. The molecule has 1 N–H and O–H groups in total. The molecule has 2 rings (SSSR count).